The monoisotopic (exact) mass is 274 g/mol. The van der Waals surface area contributed by atoms with Crippen molar-refractivity contribution in [1.82, 2.24) is 10.2 Å². The molecule has 3 rings (SSSR count). The quantitative estimate of drug-likeness (QED) is 0.852. The summed E-state index contributed by atoms with van der Waals surface area (Å²) in [4.78, 5) is 14.5. The van der Waals surface area contributed by atoms with Gasteiger partial charge in [-0.05, 0) is 51.2 Å². The summed E-state index contributed by atoms with van der Waals surface area (Å²) in [6, 6.07) is 4.51. The van der Waals surface area contributed by atoms with Crippen molar-refractivity contribution in [1.29, 1.82) is 0 Å². The summed E-state index contributed by atoms with van der Waals surface area (Å²) in [5.74, 6) is 0.857. The fourth-order valence-corrected chi connectivity index (χ4v) is 2.85. The van der Waals surface area contributed by atoms with Gasteiger partial charge in [-0.15, -0.1) is 0 Å². The normalized spacial score (nSPS) is 23.4. The number of hydrogen-bond acceptors (Lipinski definition) is 2. The molecule has 4 nitrogen and oxygen atoms in total. The van der Waals surface area contributed by atoms with Gasteiger partial charge in [0.15, 0.2) is 0 Å². The molecule has 1 saturated carbocycles. The summed E-state index contributed by atoms with van der Waals surface area (Å²) in [6.45, 7) is 2.04. The van der Waals surface area contributed by atoms with Crippen LogP contribution < -0.4 is 5.32 Å². The lowest BCUT2D eigenvalue weighted by Crippen LogP contribution is -2.47. The zero-order valence-corrected chi connectivity index (χ0v) is 11.9. The number of carbonyl (C=O) groups is 1. The first kappa shape index (κ1) is 13.3. The third-order valence-electron chi connectivity index (χ3n) is 4.14. The summed E-state index contributed by atoms with van der Waals surface area (Å²) >= 11 is 0. The Balaban J connectivity index is 1.67. The van der Waals surface area contributed by atoms with Crippen molar-refractivity contribution in [2.75, 3.05) is 0 Å². The van der Waals surface area contributed by atoms with Crippen molar-refractivity contribution in [3.05, 3.63) is 36.3 Å². The van der Waals surface area contributed by atoms with Gasteiger partial charge >= 0.3 is 6.03 Å². The van der Waals surface area contributed by atoms with Gasteiger partial charge in [-0.25, -0.2) is 4.79 Å². The van der Waals surface area contributed by atoms with Crippen molar-refractivity contribution < 1.29 is 9.21 Å². The van der Waals surface area contributed by atoms with Crippen LogP contribution in [-0.2, 0) is 0 Å². The summed E-state index contributed by atoms with van der Waals surface area (Å²) < 4.78 is 5.46. The first-order chi connectivity index (χ1) is 9.75. The van der Waals surface area contributed by atoms with E-state index < -0.39 is 0 Å². The zero-order valence-electron chi connectivity index (χ0n) is 11.9. The SMILES string of the molecule is CC(c1ccco1)N(C(=O)NC1CC=CCC1)C1CC1. The second-order valence-corrected chi connectivity index (χ2v) is 5.76. The number of nitrogens with zero attached hydrogens (tertiary/aromatic N) is 1. The van der Waals surface area contributed by atoms with Crippen LogP contribution in [0, 0.1) is 0 Å². The fourth-order valence-electron chi connectivity index (χ4n) is 2.85. The Kier molecular flexibility index (Phi) is 3.81. The lowest BCUT2D eigenvalue weighted by atomic mass is 10.0. The first-order valence-electron chi connectivity index (χ1n) is 7.53. The van der Waals surface area contributed by atoms with E-state index in [9.17, 15) is 4.79 Å². The van der Waals surface area contributed by atoms with Gasteiger partial charge in [-0.3, -0.25) is 0 Å². The number of hydrogen-bond donors (Lipinski definition) is 1. The molecule has 0 bridgehead atoms. The summed E-state index contributed by atoms with van der Waals surface area (Å²) in [5, 5.41) is 3.18. The third kappa shape index (κ3) is 2.89. The fraction of sp³-hybridized carbons (Fsp3) is 0.562. The van der Waals surface area contributed by atoms with Crippen LogP contribution in [-0.4, -0.2) is 23.0 Å². The van der Waals surface area contributed by atoms with E-state index >= 15 is 0 Å². The molecule has 4 heteroatoms. The maximum Gasteiger partial charge on any atom is 0.318 e. The maximum atomic E-state index is 12.6. The molecule has 2 aliphatic carbocycles. The predicted octanol–water partition coefficient (Wildman–Crippen LogP) is 3.62. The van der Waals surface area contributed by atoms with E-state index in [1.807, 2.05) is 24.0 Å². The van der Waals surface area contributed by atoms with Gasteiger partial charge in [-0.1, -0.05) is 12.2 Å². The largest absolute Gasteiger partial charge is 0.467 e. The number of amides is 2. The van der Waals surface area contributed by atoms with E-state index in [1.54, 1.807) is 6.26 Å². The second kappa shape index (κ2) is 5.73. The van der Waals surface area contributed by atoms with Gasteiger partial charge < -0.3 is 14.6 Å². The molecule has 0 spiro atoms. The van der Waals surface area contributed by atoms with Gasteiger partial charge in [0.2, 0.25) is 0 Å². The zero-order chi connectivity index (χ0) is 13.9. The number of furan rings is 1. The molecule has 1 fully saturated rings. The number of urea groups is 1. The van der Waals surface area contributed by atoms with Crippen molar-refractivity contribution in [3.63, 3.8) is 0 Å². The van der Waals surface area contributed by atoms with E-state index in [2.05, 4.69) is 17.5 Å². The molecule has 1 N–H and O–H groups in total. The van der Waals surface area contributed by atoms with E-state index in [0.717, 1.165) is 37.9 Å². The molecule has 20 heavy (non-hydrogen) atoms. The number of allylic oxidation sites excluding steroid dienone is 1. The van der Waals surface area contributed by atoms with Crippen LogP contribution in [0.1, 0.15) is 50.8 Å². The van der Waals surface area contributed by atoms with E-state index in [1.165, 1.54) is 0 Å². The van der Waals surface area contributed by atoms with Crippen LogP contribution in [0.4, 0.5) is 4.79 Å². The molecule has 2 unspecified atom stereocenters. The minimum atomic E-state index is -0.00312. The first-order valence-corrected chi connectivity index (χ1v) is 7.53. The summed E-state index contributed by atoms with van der Waals surface area (Å²) in [6.07, 6.45) is 11.3. The van der Waals surface area contributed by atoms with E-state index in [4.69, 9.17) is 4.42 Å². The minimum absolute atomic E-state index is 0.00312. The molecule has 2 amide bonds. The lowest BCUT2D eigenvalue weighted by molar-refractivity contribution is 0.162. The highest BCUT2D eigenvalue weighted by Gasteiger charge is 2.37. The van der Waals surface area contributed by atoms with Gasteiger partial charge in [-0.2, -0.15) is 0 Å². The molecule has 0 aromatic carbocycles. The highest BCUT2D eigenvalue weighted by Crippen LogP contribution is 2.34. The molecule has 2 aliphatic rings. The topological polar surface area (TPSA) is 45.5 Å². The third-order valence-corrected chi connectivity index (χ3v) is 4.14. The van der Waals surface area contributed by atoms with Gasteiger partial charge in [0.25, 0.3) is 0 Å². The standard InChI is InChI=1S/C16H22N2O2/c1-12(15-8-5-11-20-15)18(14-9-10-14)16(19)17-13-6-3-2-4-7-13/h2-3,5,8,11-14H,4,6-7,9-10H2,1H3,(H,17,19). The van der Waals surface area contributed by atoms with Crippen molar-refractivity contribution in [2.24, 2.45) is 0 Å². The van der Waals surface area contributed by atoms with E-state index in [0.29, 0.717) is 6.04 Å². The van der Waals surface area contributed by atoms with Gasteiger partial charge in [0.05, 0.1) is 12.3 Å². The Labute approximate surface area is 119 Å². The van der Waals surface area contributed by atoms with Gasteiger partial charge in [0, 0.05) is 12.1 Å². The average molecular weight is 274 g/mol. The smallest absolute Gasteiger partial charge is 0.318 e. The molecular weight excluding hydrogens is 252 g/mol. The number of carbonyl (C=O) groups excluding carboxylic acids is 1. The van der Waals surface area contributed by atoms with Crippen LogP contribution >= 0.6 is 0 Å². The number of rotatable bonds is 4. The Morgan fingerprint density at radius 3 is 2.85 bits per heavy atom. The molecule has 2 atom stereocenters. The Hall–Kier alpha value is -1.71. The van der Waals surface area contributed by atoms with Crippen LogP contribution in [0.15, 0.2) is 35.0 Å². The van der Waals surface area contributed by atoms with Crippen LogP contribution in [0.5, 0.6) is 0 Å². The van der Waals surface area contributed by atoms with Crippen LogP contribution in [0.2, 0.25) is 0 Å². The Bertz CT molecular complexity index is 477. The predicted molar refractivity (Wildman–Crippen MR) is 77.3 cm³/mol. The Morgan fingerprint density at radius 2 is 2.25 bits per heavy atom. The molecule has 0 saturated heterocycles. The summed E-state index contributed by atoms with van der Waals surface area (Å²) in [5.41, 5.74) is 0. The Morgan fingerprint density at radius 1 is 1.40 bits per heavy atom. The molecular formula is C16H22N2O2. The number of nitrogens with one attached hydrogen (secondary N) is 1. The highest BCUT2D eigenvalue weighted by atomic mass is 16.3. The molecule has 108 valence electrons. The average Bonchev–Trinajstić information content (AvgIpc) is 3.12. The second-order valence-electron chi connectivity index (χ2n) is 5.76. The molecule has 1 aromatic rings. The van der Waals surface area contributed by atoms with Gasteiger partial charge in [0.1, 0.15) is 5.76 Å². The molecule has 0 radical (unpaired) electrons. The van der Waals surface area contributed by atoms with Crippen molar-refractivity contribution >= 4 is 6.03 Å². The minimum Gasteiger partial charge on any atom is -0.467 e. The van der Waals surface area contributed by atoms with E-state index in [-0.39, 0.29) is 18.1 Å². The highest BCUT2D eigenvalue weighted by molar-refractivity contribution is 5.75. The molecule has 0 aliphatic heterocycles. The van der Waals surface area contributed by atoms with Crippen molar-refractivity contribution in [3.8, 4) is 0 Å². The van der Waals surface area contributed by atoms with Crippen LogP contribution in [0.25, 0.3) is 0 Å². The summed E-state index contributed by atoms with van der Waals surface area (Å²) in [7, 11) is 0. The molecule has 1 heterocycles. The lowest BCUT2D eigenvalue weighted by Gasteiger charge is -2.30. The van der Waals surface area contributed by atoms with Crippen LogP contribution in [0.3, 0.4) is 0 Å². The van der Waals surface area contributed by atoms with Crippen molar-refractivity contribution in [2.45, 2.75) is 57.2 Å². The maximum absolute atomic E-state index is 12.6. The molecule has 1 aromatic heterocycles.